The van der Waals surface area contributed by atoms with E-state index in [2.05, 4.69) is 33.3 Å². The molecular formula is C15H14ClN3O. The SMILES string of the molecule is O=c1[nH]ncc(N2CC=C(c3ccccc3)CC2)c1Cl. The zero-order valence-corrected chi connectivity index (χ0v) is 11.6. The molecule has 102 valence electrons. The molecule has 2 aromatic rings. The Balaban J connectivity index is 1.83. The van der Waals surface area contributed by atoms with Gasteiger partial charge >= 0.3 is 0 Å². The van der Waals surface area contributed by atoms with E-state index in [4.69, 9.17) is 11.6 Å². The number of aromatic nitrogens is 2. The monoisotopic (exact) mass is 287 g/mol. The van der Waals surface area contributed by atoms with Crippen molar-refractivity contribution >= 4 is 22.9 Å². The number of H-pyrrole nitrogens is 1. The maximum atomic E-state index is 11.5. The molecule has 1 aromatic carbocycles. The highest BCUT2D eigenvalue weighted by Gasteiger charge is 2.17. The number of nitrogens with one attached hydrogen (secondary N) is 1. The lowest BCUT2D eigenvalue weighted by atomic mass is 9.99. The first kappa shape index (κ1) is 12.9. The van der Waals surface area contributed by atoms with E-state index in [0.29, 0.717) is 5.69 Å². The van der Waals surface area contributed by atoms with Gasteiger partial charge in [0.25, 0.3) is 5.56 Å². The van der Waals surface area contributed by atoms with Gasteiger partial charge < -0.3 is 4.90 Å². The van der Waals surface area contributed by atoms with Crippen molar-refractivity contribution < 1.29 is 0 Å². The second kappa shape index (κ2) is 5.51. The second-order valence-electron chi connectivity index (χ2n) is 4.69. The maximum absolute atomic E-state index is 11.5. The first-order chi connectivity index (χ1) is 9.75. The van der Waals surface area contributed by atoms with E-state index in [1.165, 1.54) is 11.1 Å². The molecule has 3 rings (SSSR count). The Kier molecular flexibility index (Phi) is 3.56. The largest absolute Gasteiger partial charge is 0.365 e. The Morgan fingerprint density at radius 3 is 2.75 bits per heavy atom. The second-order valence-corrected chi connectivity index (χ2v) is 5.07. The lowest BCUT2D eigenvalue weighted by Crippen LogP contribution is -2.30. The maximum Gasteiger partial charge on any atom is 0.285 e. The molecular weight excluding hydrogens is 274 g/mol. The minimum Gasteiger partial charge on any atom is -0.365 e. The van der Waals surface area contributed by atoms with Crippen LogP contribution in [-0.4, -0.2) is 23.3 Å². The molecule has 1 aliphatic rings. The highest BCUT2D eigenvalue weighted by molar-refractivity contribution is 6.33. The zero-order chi connectivity index (χ0) is 13.9. The molecule has 5 heteroatoms. The predicted octanol–water partition coefficient (Wildman–Crippen LogP) is 2.72. The number of hydrogen-bond donors (Lipinski definition) is 1. The molecule has 0 atom stereocenters. The van der Waals surface area contributed by atoms with Crippen LogP contribution in [0.5, 0.6) is 0 Å². The van der Waals surface area contributed by atoms with Gasteiger partial charge in [0.05, 0.1) is 11.9 Å². The third-order valence-corrected chi connectivity index (χ3v) is 3.84. The van der Waals surface area contributed by atoms with Gasteiger partial charge in [0, 0.05) is 13.1 Å². The Labute approximate surface area is 121 Å². The lowest BCUT2D eigenvalue weighted by Gasteiger charge is -2.28. The number of hydrogen-bond acceptors (Lipinski definition) is 3. The van der Waals surface area contributed by atoms with Gasteiger partial charge in [-0.2, -0.15) is 5.10 Å². The van der Waals surface area contributed by atoms with Crippen LogP contribution in [0.15, 0.2) is 47.4 Å². The van der Waals surface area contributed by atoms with E-state index < -0.39 is 0 Å². The van der Waals surface area contributed by atoms with Gasteiger partial charge in [-0.15, -0.1) is 0 Å². The molecule has 0 fully saturated rings. The van der Waals surface area contributed by atoms with Crippen molar-refractivity contribution in [2.45, 2.75) is 6.42 Å². The molecule has 0 unspecified atom stereocenters. The molecule has 0 aliphatic carbocycles. The van der Waals surface area contributed by atoms with Crippen LogP contribution in [0.3, 0.4) is 0 Å². The molecule has 4 nitrogen and oxygen atoms in total. The van der Waals surface area contributed by atoms with E-state index >= 15 is 0 Å². The number of benzene rings is 1. The van der Waals surface area contributed by atoms with Crippen molar-refractivity contribution in [2.24, 2.45) is 0 Å². The van der Waals surface area contributed by atoms with E-state index in [0.717, 1.165) is 19.5 Å². The number of anilines is 1. The van der Waals surface area contributed by atoms with Gasteiger partial charge in [-0.05, 0) is 17.6 Å². The summed E-state index contributed by atoms with van der Waals surface area (Å²) in [5, 5.41) is 6.35. The third-order valence-electron chi connectivity index (χ3n) is 3.47. The van der Waals surface area contributed by atoms with Crippen molar-refractivity contribution in [1.29, 1.82) is 0 Å². The van der Waals surface area contributed by atoms with Gasteiger partial charge in [-0.25, -0.2) is 5.10 Å². The smallest absolute Gasteiger partial charge is 0.285 e. The van der Waals surface area contributed by atoms with Gasteiger partial charge in [0.1, 0.15) is 5.02 Å². The van der Waals surface area contributed by atoms with Gasteiger partial charge in [0.2, 0.25) is 0 Å². The summed E-state index contributed by atoms with van der Waals surface area (Å²) in [6.45, 7) is 1.56. The normalized spacial score (nSPS) is 15.1. The average Bonchev–Trinajstić information content (AvgIpc) is 2.51. The van der Waals surface area contributed by atoms with Crippen molar-refractivity contribution in [3.63, 3.8) is 0 Å². The van der Waals surface area contributed by atoms with Crippen LogP contribution in [0.4, 0.5) is 5.69 Å². The summed E-state index contributed by atoms with van der Waals surface area (Å²) in [7, 11) is 0. The fourth-order valence-corrected chi connectivity index (χ4v) is 2.61. The molecule has 1 aliphatic heterocycles. The van der Waals surface area contributed by atoms with Crippen molar-refractivity contribution in [1.82, 2.24) is 10.2 Å². The van der Waals surface area contributed by atoms with Crippen molar-refractivity contribution in [3.8, 4) is 0 Å². The minimum atomic E-state index is -0.345. The van der Waals surface area contributed by atoms with Crippen LogP contribution in [0, 0.1) is 0 Å². The zero-order valence-electron chi connectivity index (χ0n) is 10.8. The summed E-state index contributed by atoms with van der Waals surface area (Å²) in [4.78, 5) is 13.5. The van der Waals surface area contributed by atoms with Crippen LogP contribution in [-0.2, 0) is 0 Å². The van der Waals surface area contributed by atoms with Crippen molar-refractivity contribution in [3.05, 3.63) is 63.5 Å². The van der Waals surface area contributed by atoms with Crippen LogP contribution < -0.4 is 10.5 Å². The minimum absolute atomic E-state index is 0.205. The predicted molar refractivity (Wildman–Crippen MR) is 81.1 cm³/mol. The Morgan fingerprint density at radius 2 is 2.05 bits per heavy atom. The summed E-state index contributed by atoms with van der Waals surface area (Å²) in [6, 6.07) is 10.3. The molecule has 0 saturated carbocycles. The van der Waals surface area contributed by atoms with Gasteiger partial charge in [0.15, 0.2) is 0 Å². The fraction of sp³-hybridized carbons (Fsp3) is 0.200. The first-order valence-electron chi connectivity index (χ1n) is 6.48. The topological polar surface area (TPSA) is 49.0 Å². The van der Waals surface area contributed by atoms with Crippen LogP contribution in [0.1, 0.15) is 12.0 Å². The van der Waals surface area contributed by atoms with E-state index in [9.17, 15) is 4.79 Å². The average molecular weight is 288 g/mol. The quantitative estimate of drug-likeness (QED) is 0.924. The molecule has 0 amide bonds. The Morgan fingerprint density at radius 1 is 1.25 bits per heavy atom. The number of aromatic amines is 1. The molecule has 0 radical (unpaired) electrons. The summed E-state index contributed by atoms with van der Waals surface area (Å²) in [5.74, 6) is 0. The lowest BCUT2D eigenvalue weighted by molar-refractivity contribution is 0.821. The molecule has 0 bridgehead atoms. The summed E-state index contributed by atoms with van der Waals surface area (Å²) in [5.41, 5.74) is 2.93. The molecule has 0 spiro atoms. The molecule has 0 saturated heterocycles. The number of halogens is 1. The van der Waals surface area contributed by atoms with Crippen LogP contribution in [0.25, 0.3) is 5.57 Å². The van der Waals surface area contributed by atoms with Gasteiger partial charge in [-0.3, -0.25) is 4.79 Å². The highest BCUT2D eigenvalue weighted by atomic mass is 35.5. The van der Waals surface area contributed by atoms with Crippen LogP contribution >= 0.6 is 11.6 Å². The Hall–Kier alpha value is -2.07. The Bertz CT molecular complexity index is 694. The third kappa shape index (κ3) is 2.47. The number of rotatable bonds is 2. The summed E-state index contributed by atoms with van der Waals surface area (Å²) < 4.78 is 0. The van der Waals surface area contributed by atoms with E-state index in [1.54, 1.807) is 6.20 Å². The molecule has 1 aromatic heterocycles. The summed E-state index contributed by atoms with van der Waals surface area (Å²) in [6.07, 6.45) is 4.70. The van der Waals surface area contributed by atoms with Gasteiger partial charge in [-0.1, -0.05) is 48.0 Å². The van der Waals surface area contributed by atoms with Crippen LogP contribution in [0.2, 0.25) is 5.02 Å². The number of nitrogens with zero attached hydrogens (tertiary/aromatic N) is 2. The molecule has 20 heavy (non-hydrogen) atoms. The standard InChI is InChI=1S/C15H14ClN3O/c16-14-13(10-17-18-15(14)20)19-8-6-12(7-9-19)11-4-2-1-3-5-11/h1-6,10H,7-9H2,(H,18,20). The highest BCUT2D eigenvalue weighted by Crippen LogP contribution is 2.27. The van der Waals surface area contributed by atoms with Crippen molar-refractivity contribution in [2.75, 3.05) is 18.0 Å². The molecule has 1 N–H and O–H groups in total. The fourth-order valence-electron chi connectivity index (χ4n) is 2.40. The first-order valence-corrected chi connectivity index (χ1v) is 6.86. The van der Waals surface area contributed by atoms with E-state index in [1.807, 2.05) is 18.2 Å². The molecule has 2 heterocycles. The summed E-state index contributed by atoms with van der Waals surface area (Å²) >= 11 is 6.03. The van der Waals surface area contributed by atoms with E-state index in [-0.39, 0.29) is 10.6 Å².